The molecule has 1 fully saturated rings. The van der Waals surface area contributed by atoms with E-state index in [0.717, 1.165) is 23.9 Å². The van der Waals surface area contributed by atoms with E-state index in [0.29, 0.717) is 70.9 Å². The summed E-state index contributed by atoms with van der Waals surface area (Å²) in [6.07, 6.45) is 2.39. The van der Waals surface area contributed by atoms with Crippen molar-refractivity contribution >= 4 is 39.6 Å². The van der Waals surface area contributed by atoms with Crippen LogP contribution in [-0.4, -0.2) is 30.9 Å². The summed E-state index contributed by atoms with van der Waals surface area (Å²) in [7, 11) is 0. The molecule has 0 spiro atoms. The maximum absolute atomic E-state index is 9.91. The van der Waals surface area contributed by atoms with Crippen LogP contribution < -0.4 is 20.5 Å². The largest absolute Gasteiger partial charge is 0.492 e. The molecule has 172 valence electrons. The third-order valence-electron chi connectivity index (χ3n) is 5.60. The predicted molar refractivity (Wildman–Crippen MR) is 131 cm³/mol. The Balaban J connectivity index is 1.71. The number of ether oxygens (including phenoxy) is 3. The zero-order valence-electron chi connectivity index (χ0n) is 18.8. The Kier molecular flexibility index (Phi) is 7.07. The minimum absolute atomic E-state index is 0.0963. The molecule has 0 unspecified atom stereocenters. The van der Waals surface area contributed by atoms with Crippen LogP contribution in [0.4, 0.5) is 17.1 Å². The number of nitrogens with zero attached hydrogens (tertiary/aromatic N) is 2. The molecule has 2 aromatic carbocycles. The molecule has 4 rings (SSSR count). The van der Waals surface area contributed by atoms with Gasteiger partial charge in [0.1, 0.15) is 23.7 Å². The number of rotatable bonds is 7. The second-order valence-electron chi connectivity index (χ2n) is 7.81. The summed E-state index contributed by atoms with van der Waals surface area (Å²) in [5.74, 6) is 1.21. The van der Waals surface area contributed by atoms with Crippen LogP contribution in [-0.2, 0) is 11.2 Å². The van der Waals surface area contributed by atoms with Gasteiger partial charge < -0.3 is 25.3 Å². The summed E-state index contributed by atoms with van der Waals surface area (Å²) in [5, 5.41) is 14.5. The summed E-state index contributed by atoms with van der Waals surface area (Å²) in [6, 6.07) is 11.4. The Hall–Kier alpha value is -3.21. The van der Waals surface area contributed by atoms with Crippen LogP contribution >= 0.6 is 11.6 Å². The first-order valence-electron chi connectivity index (χ1n) is 11.1. The van der Waals surface area contributed by atoms with E-state index in [-0.39, 0.29) is 6.10 Å². The molecule has 0 bridgehead atoms. The van der Waals surface area contributed by atoms with Crippen LogP contribution in [0.5, 0.6) is 11.5 Å². The van der Waals surface area contributed by atoms with Gasteiger partial charge in [0.25, 0.3) is 0 Å². The number of nitrogens with two attached hydrogens (primary N) is 1. The lowest BCUT2D eigenvalue weighted by Gasteiger charge is -2.24. The molecule has 1 aliphatic heterocycles. The molecule has 1 saturated heterocycles. The number of pyridine rings is 1. The summed E-state index contributed by atoms with van der Waals surface area (Å²) < 4.78 is 17.1. The number of aromatic nitrogens is 1. The van der Waals surface area contributed by atoms with Gasteiger partial charge in [0.15, 0.2) is 0 Å². The molecule has 0 radical (unpaired) electrons. The second-order valence-corrected chi connectivity index (χ2v) is 8.22. The molecule has 0 saturated carbocycles. The number of nitrogen functional groups attached to an aromatic ring is 1. The van der Waals surface area contributed by atoms with Crippen LogP contribution in [0.3, 0.4) is 0 Å². The summed E-state index contributed by atoms with van der Waals surface area (Å²) in [4.78, 5) is 4.69. The highest BCUT2D eigenvalue weighted by Crippen LogP contribution is 2.37. The topological polar surface area (TPSA) is 102 Å². The number of nitriles is 1. The van der Waals surface area contributed by atoms with E-state index in [1.807, 2.05) is 32.0 Å². The Labute approximate surface area is 198 Å². The molecule has 0 atom stereocenters. The second kappa shape index (κ2) is 10.2. The van der Waals surface area contributed by atoms with Gasteiger partial charge in [-0.05, 0) is 37.6 Å². The van der Waals surface area contributed by atoms with E-state index in [2.05, 4.69) is 11.4 Å². The molecule has 3 N–H and O–H groups in total. The number of fused-ring (bicyclic) bond motifs is 1. The van der Waals surface area contributed by atoms with Crippen LogP contribution in [0, 0.1) is 11.3 Å². The quantitative estimate of drug-likeness (QED) is 0.436. The third kappa shape index (κ3) is 4.92. The van der Waals surface area contributed by atoms with Gasteiger partial charge in [-0.1, -0.05) is 18.5 Å². The monoisotopic (exact) mass is 466 g/mol. The lowest BCUT2D eigenvalue weighted by atomic mass is 10.0. The first kappa shape index (κ1) is 23.0. The van der Waals surface area contributed by atoms with E-state index >= 15 is 0 Å². The number of nitrogens with one attached hydrogen (secondary N) is 1. The van der Waals surface area contributed by atoms with Crippen molar-refractivity contribution in [3.63, 3.8) is 0 Å². The van der Waals surface area contributed by atoms with Crippen molar-refractivity contribution in [1.82, 2.24) is 4.98 Å². The first-order valence-corrected chi connectivity index (χ1v) is 11.5. The number of hydrogen-bond acceptors (Lipinski definition) is 7. The smallest absolute Gasteiger partial charge is 0.144 e. The summed E-state index contributed by atoms with van der Waals surface area (Å²) >= 11 is 6.54. The molecule has 1 aromatic heterocycles. The average Bonchev–Trinajstić information content (AvgIpc) is 2.82. The fraction of sp³-hybridized carbons (Fsp3) is 0.360. The number of anilines is 3. The van der Waals surface area contributed by atoms with Crippen LogP contribution in [0.15, 0.2) is 30.3 Å². The summed E-state index contributed by atoms with van der Waals surface area (Å²) in [5.41, 5.74) is 9.97. The molecule has 1 aliphatic rings. The lowest BCUT2D eigenvalue weighted by molar-refractivity contribution is 0.0256. The zero-order valence-corrected chi connectivity index (χ0v) is 19.5. The number of benzene rings is 2. The highest BCUT2D eigenvalue weighted by Gasteiger charge is 2.19. The van der Waals surface area contributed by atoms with Crippen molar-refractivity contribution in [3.05, 3.63) is 46.6 Å². The standard InChI is InChI=1S/C25H27ClN4O3/c1-3-21-18(14-27)25(17-12-20(28)24(32-4-2)13-22(17)30-21)29-15-5-6-23(19(26)11-15)33-16-7-9-31-10-8-16/h5-6,11-13,16H,3-4,7-10,28H2,1-2H3,(H,29,30). The Bertz CT molecular complexity index is 1200. The minimum Gasteiger partial charge on any atom is -0.492 e. The predicted octanol–water partition coefficient (Wildman–Crippen LogP) is 5.60. The summed E-state index contributed by atoms with van der Waals surface area (Å²) in [6.45, 7) is 5.76. The third-order valence-corrected chi connectivity index (χ3v) is 5.90. The van der Waals surface area contributed by atoms with Crippen molar-refractivity contribution in [2.75, 3.05) is 30.9 Å². The van der Waals surface area contributed by atoms with E-state index < -0.39 is 0 Å². The Morgan fingerprint density at radius 1 is 1.21 bits per heavy atom. The SMILES string of the molecule is CCOc1cc2nc(CC)c(C#N)c(Nc3ccc(OC4CCOCC4)c(Cl)c3)c2cc1N. The molecule has 0 aliphatic carbocycles. The number of aryl methyl sites for hydroxylation is 1. The van der Waals surface area contributed by atoms with Crippen LogP contribution in [0.2, 0.25) is 5.02 Å². The van der Waals surface area contributed by atoms with Gasteiger partial charge in [-0.3, -0.25) is 4.98 Å². The molecular formula is C25H27ClN4O3. The van der Waals surface area contributed by atoms with Crippen molar-refractivity contribution in [2.45, 2.75) is 39.2 Å². The molecule has 2 heterocycles. The van der Waals surface area contributed by atoms with Crippen molar-refractivity contribution in [2.24, 2.45) is 0 Å². The maximum Gasteiger partial charge on any atom is 0.144 e. The van der Waals surface area contributed by atoms with Gasteiger partial charge >= 0.3 is 0 Å². The average molecular weight is 467 g/mol. The zero-order chi connectivity index (χ0) is 23.4. The van der Waals surface area contributed by atoms with Crippen molar-refractivity contribution in [1.29, 1.82) is 5.26 Å². The fourth-order valence-corrected chi connectivity index (χ4v) is 4.16. The van der Waals surface area contributed by atoms with E-state index in [1.54, 1.807) is 12.1 Å². The normalized spacial score (nSPS) is 14.1. The molecule has 7 nitrogen and oxygen atoms in total. The Morgan fingerprint density at radius 3 is 2.67 bits per heavy atom. The van der Waals surface area contributed by atoms with Gasteiger partial charge in [0.05, 0.1) is 53.0 Å². The maximum atomic E-state index is 9.91. The van der Waals surface area contributed by atoms with Gasteiger partial charge in [-0.2, -0.15) is 5.26 Å². The van der Waals surface area contributed by atoms with Crippen molar-refractivity contribution < 1.29 is 14.2 Å². The first-order chi connectivity index (χ1) is 16.0. The van der Waals surface area contributed by atoms with Crippen LogP contribution in [0.1, 0.15) is 37.9 Å². The molecule has 0 amide bonds. The molecular weight excluding hydrogens is 440 g/mol. The van der Waals surface area contributed by atoms with Gasteiger partial charge in [-0.25, -0.2) is 0 Å². The molecule has 8 heteroatoms. The Morgan fingerprint density at radius 2 is 2.00 bits per heavy atom. The van der Waals surface area contributed by atoms with E-state index in [4.69, 9.17) is 36.5 Å². The highest BCUT2D eigenvalue weighted by molar-refractivity contribution is 6.32. The van der Waals surface area contributed by atoms with Gasteiger partial charge in [0, 0.05) is 30.0 Å². The van der Waals surface area contributed by atoms with Crippen LogP contribution in [0.25, 0.3) is 10.9 Å². The highest BCUT2D eigenvalue weighted by atomic mass is 35.5. The van der Waals surface area contributed by atoms with Gasteiger partial charge in [0.2, 0.25) is 0 Å². The minimum atomic E-state index is 0.0963. The molecule has 33 heavy (non-hydrogen) atoms. The fourth-order valence-electron chi connectivity index (χ4n) is 3.94. The number of halogens is 1. The van der Waals surface area contributed by atoms with E-state index in [9.17, 15) is 5.26 Å². The lowest BCUT2D eigenvalue weighted by Crippen LogP contribution is -2.25. The van der Waals surface area contributed by atoms with Crippen molar-refractivity contribution in [3.8, 4) is 17.6 Å². The van der Waals surface area contributed by atoms with Gasteiger partial charge in [-0.15, -0.1) is 0 Å². The van der Waals surface area contributed by atoms with E-state index in [1.165, 1.54) is 0 Å². The molecule has 3 aromatic rings. The number of hydrogen-bond donors (Lipinski definition) is 2.